The van der Waals surface area contributed by atoms with Crippen molar-refractivity contribution in [1.82, 2.24) is 10.3 Å². The number of aliphatic hydroxyl groups is 1. The molecule has 0 saturated heterocycles. The van der Waals surface area contributed by atoms with Crippen molar-refractivity contribution in [3.8, 4) is 0 Å². The van der Waals surface area contributed by atoms with Gasteiger partial charge >= 0.3 is 0 Å². The predicted octanol–water partition coefficient (Wildman–Crippen LogP) is 2.27. The number of hydrogen-bond donors (Lipinski definition) is 2. The van der Waals surface area contributed by atoms with E-state index in [0.29, 0.717) is 6.54 Å². The summed E-state index contributed by atoms with van der Waals surface area (Å²) in [7, 11) is 0. The molecule has 90 valence electrons. The van der Waals surface area contributed by atoms with E-state index in [4.69, 9.17) is 0 Å². The van der Waals surface area contributed by atoms with Gasteiger partial charge in [-0.1, -0.05) is 6.07 Å². The van der Waals surface area contributed by atoms with Crippen LogP contribution in [0, 0.1) is 6.92 Å². The maximum absolute atomic E-state index is 9.86. The highest BCUT2D eigenvalue weighted by Crippen LogP contribution is 2.15. The summed E-state index contributed by atoms with van der Waals surface area (Å²) in [5.74, 6) is 0. The lowest BCUT2D eigenvalue weighted by atomic mass is 10.2. The Morgan fingerprint density at radius 1 is 1.41 bits per heavy atom. The third kappa shape index (κ3) is 3.63. The molecule has 1 atom stereocenters. The number of aromatic nitrogens is 1. The molecule has 0 aliphatic carbocycles. The highest BCUT2D eigenvalue weighted by molar-refractivity contribution is 7.07. The van der Waals surface area contributed by atoms with Crippen molar-refractivity contribution >= 4 is 11.3 Å². The van der Waals surface area contributed by atoms with Gasteiger partial charge in [-0.25, -0.2) is 0 Å². The van der Waals surface area contributed by atoms with Crippen LogP contribution in [0.1, 0.15) is 22.9 Å². The molecule has 4 heteroatoms. The fraction of sp³-hybridized carbons (Fsp3) is 0.308. The van der Waals surface area contributed by atoms with Crippen molar-refractivity contribution in [3.05, 3.63) is 52.0 Å². The second-order valence-electron chi connectivity index (χ2n) is 4.01. The molecule has 0 aromatic carbocycles. The molecule has 0 spiro atoms. The van der Waals surface area contributed by atoms with Gasteiger partial charge in [0, 0.05) is 25.0 Å². The van der Waals surface area contributed by atoms with Crippen LogP contribution < -0.4 is 5.32 Å². The number of pyridine rings is 1. The Labute approximate surface area is 105 Å². The van der Waals surface area contributed by atoms with E-state index in [1.165, 1.54) is 0 Å². The van der Waals surface area contributed by atoms with E-state index in [9.17, 15) is 5.11 Å². The molecular weight excluding hydrogens is 232 g/mol. The molecule has 2 N–H and O–H groups in total. The van der Waals surface area contributed by atoms with Gasteiger partial charge in [-0.05, 0) is 40.9 Å². The van der Waals surface area contributed by atoms with Crippen LogP contribution in [0.3, 0.4) is 0 Å². The number of aliphatic hydroxyl groups excluding tert-OH is 1. The highest BCUT2D eigenvalue weighted by atomic mass is 32.1. The highest BCUT2D eigenvalue weighted by Gasteiger charge is 2.06. The van der Waals surface area contributed by atoms with Crippen LogP contribution in [0.15, 0.2) is 35.2 Å². The van der Waals surface area contributed by atoms with Crippen molar-refractivity contribution in [2.75, 3.05) is 6.54 Å². The molecule has 2 aromatic heterocycles. The van der Waals surface area contributed by atoms with Crippen LogP contribution in [0.5, 0.6) is 0 Å². The zero-order chi connectivity index (χ0) is 12.1. The van der Waals surface area contributed by atoms with E-state index in [1.807, 2.05) is 42.1 Å². The zero-order valence-electron chi connectivity index (χ0n) is 9.76. The van der Waals surface area contributed by atoms with Crippen molar-refractivity contribution in [2.45, 2.75) is 19.6 Å². The van der Waals surface area contributed by atoms with Crippen LogP contribution >= 0.6 is 11.3 Å². The maximum Gasteiger partial charge on any atom is 0.0922 e. The van der Waals surface area contributed by atoms with Gasteiger partial charge in [0.1, 0.15) is 0 Å². The third-order valence-corrected chi connectivity index (χ3v) is 3.27. The van der Waals surface area contributed by atoms with Gasteiger partial charge in [0.2, 0.25) is 0 Å². The number of aryl methyl sites for hydroxylation is 1. The van der Waals surface area contributed by atoms with E-state index < -0.39 is 6.10 Å². The second kappa shape index (κ2) is 5.91. The first-order chi connectivity index (χ1) is 8.25. The van der Waals surface area contributed by atoms with Gasteiger partial charge in [-0.3, -0.25) is 4.98 Å². The monoisotopic (exact) mass is 248 g/mol. The van der Waals surface area contributed by atoms with Gasteiger partial charge < -0.3 is 10.4 Å². The Balaban J connectivity index is 1.78. The molecule has 0 fully saturated rings. The number of thiophene rings is 1. The standard InChI is InChI=1S/C13H16N2OS/c1-10-2-3-11(7-15-10)6-14-8-13(16)12-4-5-17-9-12/h2-5,7,9,13-14,16H,6,8H2,1H3. The summed E-state index contributed by atoms with van der Waals surface area (Å²) < 4.78 is 0. The molecule has 17 heavy (non-hydrogen) atoms. The predicted molar refractivity (Wildman–Crippen MR) is 70.0 cm³/mol. The van der Waals surface area contributed by atoms with Gasteiger partial charge in [-0.2, -0.15) is 11.3 Å². The van der Waals surface area contributed by atoms with Crippen LogP contribution in [0.25, 0.3) is 0 Å². The van der Waals surface area contributed by atoms with E-state index >= 15 is 0 Å². The minimum absolute atomic E-state index is 0.431. The van der Waals surface area contributed by atoms with Crippen LogP contribution in [-0.4, -0.2) is 16.6 Å². The van der Waals surface area contributed by atoms with E-state index in [2.05, 4.69) is 10.3 Å². The minimum Gasteiger partial charge on any atom is -0.387 e. The normalized spacial score (nSPS) is 12.6. The minimum atomic E-state index is -0.431. The largest absolute Gasteiger partial charge is 0.387 e. The van der Waals surface area contributed by atoms with Gasteiger partial charge in [0.25, 0.3) is 0 Å². The molecule has 0 amide bonds. The number of hydrogen-bond acceptors (Lipinski definition) is 4. The van der Waals surface area contributed by atoms with Crippen molar-refractivity contribution in [3.63, 3.8) is 0 Å². The Morgan fingerprint density at radius 3 is 2.94 bits per heavy atom. The lowest BCUT2D eigenvalue weighted by Crippen LogP contribution is -2.20. The topological polar surface area (TPSA) is 45.1 Å². The molecule has 2 rings (SSSR count). The number of nitrogens with one attached hydrogen (secondary N) is 1. The van der Waals surface area contributed by atoms with Crippen LogP contribution in [-0.2, 0) is 6.54 Å². The summed E-state index contributed by atoms with van der Waals surface area (Å²) in [6.07, 6.45) is 1.43. The first-order valence-electron chi connectivity index (χ1n) is 5.58. The van der Waals surface area contributed by atoms with Crippen molar-refractivity contribution in [1.29, 1.82) is 0 Å². The van der Waals surface area contributed by atoms with Gasteiger partial charge in [0.05, 0.1) is 6.10 Å². The molecule has 0 saturated carbocycles. The molecule has 0 bridgehead atoms. The molecule has 1 unspecified atom stereocenters. The quantitative estimate of drug-likeness (QED) is 0.853. The smallest absolute Gasteiger partial charge is 0.0922 e. The first-order valence-corrected chi connectivity index (χ1v) is 6.52. The average Bonchev–Trinajstić information content (AvgIpc) is 2.85. The average molecular weight is 248 g/mol. The lowest BCUT2D eigenvalue weighted by molar-refractivity contribution is 0.175. The fourth-order valence-electron chi connectivity index (χ4n) is 1.54. The SMILES string of the molecule is Cc1ccc(CNCC(O)c2ccsc2)cn1. The summed E-state index contributed by atoms with van der Waals surface area (Å²) in [6, 6.07) is 5.99. The Hall–Kier alpha value is -1.23. The lowest BCUT2D eigenvalue weighted by Gasteiger charge is -2.10. The second-order valence-corrected chi connectivity index (χ2v) is 4.79. The summed E-state index contributed by atoms with van der Waals surface area (Å²) in [5, 5.41) is 17.0. The maximum atomic E-state index is 9.86. The summed E-state index contributed by atoms with van der Waals surface area (Å²) >= 11 is 1.60. The molecule has 2 aromatic rings. The number of nitrogens with zero attached hydrogens (tertiary/aromatic N) is 1. The van der Waals surface area contributed by atoms with Crippen LogP contribution in [0.2, 0.25) is 0 Å². The Morgan fingerprint density at radius 2 is 2.29 bits per heavy atom. The van der Waals surface area contributed by atoms with Crippen LogP contribution in [0.4, 0.5) is 0 Å². The summed E-state index contributed by atoms with van der Waals surface area (Å²) in [4.78, 5) is 4.23. The van der Waals surface area contributed by atoms with Gasteiger partial charge in [0.15, 0.2) is 0 Å². The molecular formula is C13H16N2OS. The van der Waals surface area contributed by atoms with Crippen molar-refractivity contribution in [2.24, 2.45) is 0 Å². The summed E-state index contributed by atoms with van der Waals surface area (Å²) in [6.45, 7) is 3.26. The van der Waals surface area contributed by atoms with Gasteiger partial charge in [-0.15, -0.1) is 0 Å². The zero-order valence-corrected chi connectivity index (χ0v) is 10.6. The summed E-state index contributed by atoms with van der Waals surface area (Å²) in [5.41, 5.74) is 3.13. The Bertz CT molecular complexity index is 439. The molecule has 0 aliphatic rings. The fourth-order valence-corrected chi connectivity index (χ4v) is 2.25. The molecule has 0 aliphatic heterocycles. The van der Waals surface area contributed by atoms with E-state index in [-0.39, 0.29) is 0 Å². The number of rotatable bonds is 5. The first kappa shape index (κ1) is 12.2. The molecule has 2 heterocycles. The molecule has 3 nitrogen and oxygen atoms in total. The van der Waals surface area contributed by atoms with E-state index in [0.717, 1.165) is 23.4 Å². The third-order valence-electron chi connectivity index (χ3n) is 2.57. The Kier molecular flexibility index (Phi) is 4.25. The van der Waals surface area contributed by atoms with E-state index in [1.54, 1.807) is 11.3 Å². The molecule has 0 radical (unpaired) electrons. The van der Waals surface area contributed by atoms with Crippen molar-refractivity contribution < 1.29 is 5.11 Å².